The van der Waals surface area contributed by atoms with Crippen LogP contribution >= 0.6 is 0 Å². The van der Waals surface area contributed by atoms with Crippen LogP contribution in [-0.2, 0) is 0 Å². The fraction of sp³-hybridized carbons (Fsp3) is 0. The lowest BCUT2D eigenvalue weighted by Gasteiger charge is -2.13. The number of aromatic nitrogens is 12. The molecule has 135 heavy (non-hydrogen) atoms. The first kappa shape index (κ1) is 78.6. The van der Waals surface area contributed by atoms with Gasteiger partial charge < -0.3 is 13.3 Å². The predicted molar refractivity (Wildman–Crippen MR) is 545 cm³/mol. The van der Waals surface area contributed by atoms with Crippen molar-refractivity contribution in [1.82, 2.24) is 59.8 Å². The van der Waals surface area contributed by atoms with Gasteiger partial charge in [0.05, 0.1) is 27.5 Å². The SMILES string of the molecule is c1ccc(-c2nc(-c3ccccc3)nc(-c3cccc4c(-c5cccc6oc7cc8ccccc8nc7c56)cccc34)n2)cc1.c1ccc(-c2nc(-c3ccccc3)nc(-c3cccc4c(-c5cccc6oc7cc8ncccc8cc7c56)cccc34)n2)cc1.c1ccc(-c2nc(-c3ccccc3)nc(-c3cccc4c(-c5nccc6oc7cc8ccccc8cc7c56)cccc34)n2)cc1. The fourth-order valence-electron chi connectivity index (χ4n) is 18.8. The summed E-state index contributed by atoms with van der Waals surface area (Å²) in [4.78, 5) is 59.3. The average Bonchev–Trinajstić information content (AvgIpc) is 1.73. The molecule has 0 spiro atoms. The van der Waals surface area contributed by atoms with Crippen LogP contribution in [0, 0.1) is 0 Å². The number of furan rings is 3. The summed E-state index contributed by atoms with van der Waals surface area (Å²) in [5.74, 6) is 5.72. The summed E-state index contributed by atoms with van der Waals surface area (Å²) in [6, 6.07) is 144. The molecule has 9 heterocycles. The highest BCUT2D eigenvalue weighted by Gasteiger charge is 2.25. The van der Waals surface area contributed by atoms with Crippen LogP contribution in [0.5, 0.6) is 0 Å². The van der Waals surface area contributed by atoms with Crippen LogP contribution in [0.15, 0.2) is 450 Å². The van der Waals surface area contributed by atoms with Crippen molar-refractivity contribution in [3.05, 3.63) is 437 Å². The van der Waals surface area contributed by atoms with Crippen molar-refractivity contribution < 1.29 is 13.3 Å². The Morgan fingerprint density at radius 2 is 0.467 bits per heavy atom. The molecule has 0 N–H and O–H groups in total. The van der Waals surface area contributed by atoms with Gasteiger partial charge in [0.2, 0.25) is 0 Å². The molecular formula is C120H72N12O3. The maximum atomic E-state index is 6.37. The molecule has 0 fully saturated rings. The second kappa shape index (κ2) is 33.5. The van der Waals surface area contributed by atoms with Gasteiger partial charge in [-0.05, 0) is 120 Å². The van der Waals surface area contributed by atoms with Gasteiger partial charge in [0.15, 0.2) is 58.0 Å². The Kier molecular flexibility index (Phi) is 19.5. The molecule has 0 unspecified atom stereocenters. The number of hydrogen-bond acceptors (Lipinski definition) is 15. The summed E-state index contributed by atoms with van der Waals surface area (Å²) in [5.41, 5.74) is 22.5. The first-order valence-corrected chi connectivity index (χ1v) is 44.7. The summed E-state index contributed by atoms with van der Waals surface area (Å²) < 4.78 is 19.1. The molecule has 0 atom stereocenters. The van der Waals surface area contributed by atoms with Crippen LogP contribution < -0.4 is 0 Å². The highest BCUT2D eigenvalue weighted by Crippen LogP contribution is 2.47. The Labute approximate surface area is 771 Å². The molecule has 630 valence electrons. The Morgan fingerprint density at radius 1 is 0.156 bits per heavy atom. The third-order valence-corrected chi connectivity index (χ3v) is 25.1. The minimum Gasteiger partial charge on any atom is -0.456 e. The molecule has 0 saturated carbocycles. The van der Waals surface area contributed by atoms with Gasteiger partial charge in [-0.2, -0.15) is 0 Å². The normalized spacial score (nSPS) is 11.6. The Hall–Kier alpha value is -18.6. The van der Waals surface area contributed by atoms with E-state index in [1.165, 1.54) is 5.39 Å². The number of hydrogen-bond donors (Lipinski definition) is 0. The molecular weight excluding hydrogens is 1660 g/mol. The lowest BCUT2D eigenvalue weighted by atomic mass is 9.92. The fourth-order valence-corrected chi connectivity index (χ4v) is 18.8. The second-order valence-corrected chi connectivity index (χ2v) is 33.2. The third kappa shape index (κ3) is 14.5. The number of nitrogens with zero attached hydrogens (tertiary/aromatic N) is 12. The molecule has 15 nitrogen and oxygen atoms in total. The molecule has 0 aliphatic carbocycles. The van der Waals surface area contributed by atoms with Crippen molar-refractivity contribution >= 4 is 131 Å². The van der Waals surface area contributed by atoms with E-state index in [0.29, 0.717) is 52.4 Å². The summed E-state index contributed by atoms with van der Waals surface area (Å²) in [5, 5.41) is 16.1. The summed E-state index contributed by atoms with van der Waals surface area (Å²) in [7, 11) is 0. The molecule has 0 bridgehead atoms. The highest BCUT2D eigenvalue weighted by atomic mass is 16.3. The van der Waals surface area contributed by atoms with E-state index in [-0.39, 0.29) is 0 Å². The van der Waals surface area contributed by atoms with Gasteiger partial charge >= 0.3 is 0 Å². The van der Waals surface area contributed by atoms with Gasteiger partial charge in [-0.15, -0.1) is 0 Å². The van der Waals surface area contributed by atoms with Crippen LogP contribution in [0.2, 0.25) is 0 Å². The molecule has 0 aliphatic heterocycles. The number of para-hydroxylation sites is 1. The van der Waals surface area contributed by atoms with Gasteiger partial charge in [-0.1, -0.05) is 364 Å². The van der Waals surface area contributed by atoms with Gasteiger partial charge in [0, 0.05) is 101 Å². The largest absolute Gasteiger partial charge is 0.456 e. The monoisotopic (exact) mass is 1730 g/mol. The predicted octanol–water partition coefficient (Wildman–Crippen LogP) is 30.4. The van der Waals surface area contributed by atoms with Crippen molar-refractivity contribution in [2.24, 2.45) is 0 Å². The van der Waals surface area contributed by atoms with Crippen LogP contribution in [0.3, 0.4) is 0 Å². The maximum Gasteiger partial charge on any atom is 0.164 e. The molecule has 0 aliphatic rings. The van der Waals surface area contributed by atoms with E-state index in [2.05, 4.69) is 193 Å². The van der Waals surface area contributed by atoms with Crippen LogP contribution in [0.4, 0.5) is 0 Å². The van der Waals surface area contributed by atoms with Crippen molar-refractivity contribution in [3.63, 3.8) is 0 Å². The zero-order chi connectivity index (χ0) is 89.2. The Bertz CT molecular complexity index is 8300. The highest BCUT2D eigenvalue weighted by molar-refractivity contribution is 6.21. The standard InChI is InChI=1S/3C40H24N4O/c1-3-11-25(12-4-1)38-42-39(26-13-5-2-6-14-26)44-40(43-38)32-20-8-16-28-29(17-7-18-30(28)32)31-19-9-21-35-37(31)33-23-27-15-10-22-41-34(27)24-36(33)45-35;1-3-12-25(13-4-1)38-42-39(26-14-5-2-6-15-26)44-40(43-38)32-21-10-17-28-29(18-9-19-30(28)32)31-20-11-23-34-36(31)37-35(45-34)24-27-16-7-8-22-33(27)41-37;1-3-11-25(12-4-1)38-42-39(26-13-5-2-6-14-26)44-40(43-38)32-20-10-17-29-30(32)18-9-19-31(29)37-36-33-23-27-15-7-8-16-28(27)24-35(33)45-34(36)21-22-41-37/h3*1-24H. The van der Waals surface area contributed by atoms with Crippen LogP contribution in [-0.4, -0.2) is 59.8 Å². The smallest absolute Gasteiger partial charge is 0.164 e. The van der Waals surface area contributed by atoms with Crippen molar-refractivity contribution in [1.29, 1.82) is 0 Å². The lowest BCUT2D eigenvalue weighted by Crippen LogP contribution is -2.00. The van der Waals surface area contributed by atoms with E-state index in [1.807, 2.05) is 249 Å². The average molecular weight is 1730 g/mol. The van der Waals surface area contributed by atoms with Crippen molar-refractivity contribution in [2.75, 3.05) is 0 Å². The van der Waals surface area contributed by atoms with Gasteiger partial charge in [-0.25, -0.2) is 49.8 Å². The molecule has 18 aromatic carbocycles. The zero-order valence-corrected chi connectivity index (χ0v) is 72.2. The van der Waals surface area contributed by atoms with Crippen LogP contribution in [0.25, 0.3) is 267 Å². The number of fused-ring (bicyclic) bond motifs is 15. The molecule has 9 aromatic heterocycles. The van der Waals surface area contributed by atoms with Crippen LogP contribution in [0.1, 0.15) is 0 Å². The molecule has 27 aromatic rings. The number of benzene rings is 18. The van der Waals surface area contributed by atoms with Gasteiger partial charge in [0.25, 0.3) is 0 Å². The zero-order valence-electron chi connectivity index (χ0n) is 72.2. The third-order valence-electron chi connectivity index (χ3n) is 25.1. The van der Waals surface area contributed by atoms with E-state index >= 15 is 0 Å². The second-order valence-electron chi connectivity index (χ2n) is 33.2. The Balaban J connectivity index is 0.000000108. The molecule has 15 heteroatoms. The first-order chi connectivity index (χ1) is 66.9. The van der Waals surface area contributed by atoms with E-state index in [0.717, 1.165) is 209 Å². The quantitative estimate of drug-likeness (QED) is 0.112. The number of rotatable bonds is 12. The summed E-state index contributed by atoms with van der Waals surface area (Å²) in [6.07, 6.45) is 3.64. The van der Waals surface area contributed by atoms with E-state index < -0.39 is 0 Å². The summed E-state index contributed by atoms with van der Waals surface area (Å²) in [6.45, 7) is 0. The van der Waals surface area contributed by atoms with Gasteiger partial charge in [0.1, 0.15) is 33.4 Å². The van der Waals surface area contributed by atoms with E-state index in [9.17, 15) is 0 Å². The summed E-state index contributed by atoms with van der Waals surface area (Å²) >= 11 is 0. The maximum absolute atomic E-state index is 6.37. The number of pyridine rings is 3. The van der Waals surface area contributed by atoms with Gasteiger partial charge in [-0.3, -0.25) is 9.97 Å². The van der Waals surface area contributed by atoms with Crippen molar-refractivity contribution in [3.8, 4) is 136 Å². The minimum atomic E-state index is 0.622. The molecule has 0 radical (unpaired) electrons. The molecule has 27 rings (SSSR count). The molecule has 0 saturated heterocycles. The topological polar surface area (TPSA) is 194 Å². The first-order valence-electron chi connectivity index (χ1n) is 44.7. The minimum absolute atomic E-state index is 0.622. The Morgan fingerprint density at radius 3 is 0.933 bits per heavy atom. The van der Waals surface area contributed by atoms with Crippen molar-refractivity contribution in [2.45, 2.75) is 0 Å². The van der Waals surface area contributed by atoms with E-state index in [1.54, 1.807) is 0 Å². The lowest BCUT2D eigenvalue weighted by molar-refractivity contribution is 0.668. The molecule has 0 amide bonds. The van der Waals surface area contributed by atoms with E-state index in [4.69, 9.17) is 68.1 Å².